The Balaban J connectivity index is 1.70. The Kier molecular flexibility index (Phi) is 11.3. The van der Waals surface area contributed by atoms with Crippen LogP contribution in [0.15, 0.2) is 36.4 Å². The highest BCUT2D eigenvalue weighted by atomic mass is 16.5. The second kappa shape index (κ2) is 14.4. The van der Waals surface area contributed by atoms with Gasteiger partial charge in [-0.3, -0.25) is 0 Å². The lowest BCUT2D eigenvalue weighted by molar-refractivity contribution is 0.0145. The predicted molar refractivity (Wildman–Crippen MR) is 138 cm³/mol. The van der Waals surface area contributed by atoms with Crippen LogP contribution in [0.4, 0.5) is 11.4 Å². The van der Waals surface area contributed by atoms with Crippen molar-refractivity contribution in [1.29, 1.82) is 0 Å². The van der Waals surface area contributed by atoms with E-state index in [2.05, 4.69) is 24.3 Å². The van der Waals surface area contributed by atoms with Crippen LogP contribution in [-0.2, 0) is 33.8 Å². The molecule has 4 N–H and O–H groups in total. The molecule has 1 aliphatic rings. The molecule has 8 heteroatoms. The van der Waals surface area contributed by atoms with E-state index < -0.39 is 0 Å². The zero-order valence-electron chi connectivity index (χ0n) is 21.1. The first-order valence-electron chi connectivity index (χ1n) is 12.2. The molecule has 3 rings (SSSR count). The van der Waals surface area contributed by atoms with E-state index in [0.29, 0.717) is 66.1 Å². The summed E-state index contributed by atoms with van der Waals surface area (Å²) < 4.78 is 33.0. The van der Waals surface area contributed by atoms with Crippen molar-refractivity contribution in [2.75, 3.05) is 91.8 Å². The summed E-state index contributed by atoms with van der Waals surface area (Å²) in [6, 6.07) is 12.3. The minimum absolute atomic E-state index is 0.302. The molecule has 35 heavy (non-hydrogen) atoms. The van der Waals surface area contributed by atoms with Gasteiger partial charge in [-0.2, -0.15) is 0 Å². The van der Waals surface area contributed by atoms with Crippen molar-refractivity contribution >= 4 is 11.4 Å². The third-order valence-corrected chi connectivity index (χ3v) is 6.36. The molecule has 0 bridgehead atoms. The fraction of sp³-hybridized carbons (Fsp3) is 0.556. The molecule has 0 radical (unpaired) electrons. The average Bonchev–Trinajstić information content (AvgIpc) is 3.11. The molecule has 0 saturated heterocycles. The van der Waals surface area contributed by atoms with Gasteiger partial charge in [0.1, 0.15) is 0 Å². The number of nitrogen functional groups attached to an aromatic ring is 2. The number of fused-ring (bicyclic) bond motifs is 3. The Morgan fingerprint density at radius 2 is 0.914 bits per heavy atom. The van der Waals surface area contributed by atoms with Gasteiger partial charge in [-0.25, -0.2) is 0 Å². The zero-order valence-corrected chi connectivity index (χ0v) is 21.1. The van der Waals surface area contributed by atoms with E-state index in [1.54, 1.807) is 14.2 Å². The van der Waals surface area contributed by atoms with Gasteiger partial charge in [0.25, 0.3) is 0 Å². The fourth-order valence-corrected chi connectivity index (χ4v) is 4.62. The number of methoxy groups -OCH3 is 2. The molecule has 0 heterocycles. The molecule has 0 atom stereocenters. The minimum Gasteiger partial charge on any atom is -0.399 e. The number of nitrogens with two attached hydrogens (primary N) is 2. The monoisotopic (exact) mass is 488 g/mol. The maximum Gasteiger partial charge on any atom is 0.0701 e. The normalized spacial score (nSPS) is 13.7. The van der Waals surface area contributed by atoms with Crippen LogP contribution in [0.5, 0.6) is 0 Å². The molecule has 0 spiro atoms. The van der Waals surface area contributed by atoms with Gasteiger partial charge in [0.2, 0.25) is 0 Å². The van der Waals surface area contributed by atoms with Gasteiger partial charge in [-0.15, -0.1) is 0 Å². The molecule has 2 aromatic carbocycles. The highest BCUT2D eigenvalue weighted by Gasteiger charge is 2.43. The van der Waals surface area contributed by atoms with Crippen molar-refractivity contribution in [3.05, 3.63) is 47.5 Å². The quantitative estimate of drug-likeness (QED) is 0.243. The molecule has 1 aliphatic carbocycles. The van der Waals surface area contributed by atoms with E-state index in [1.165, 1.54) is 22.3 Å². The van der Waals surface area contributed by atoms with Crippen LogP contribution in [-0.4, -0.2) is 80.3 Å². The van der Waals surface area contributed by atoms with Gasteiger partial charge in [0.15, 0.2) is 0 Å². The van der Waals surface area contributed by atoms with E-state index in [4.69, 9.17) is 39.9 Å². The number of anilines is 2. The second-order valence-electron chi connectivity index (χ2n) is 8.63. The first-order chi connectivity index (χ1) is 17.1. The topological polar surface area (TPSA) is 107 Å². The predicted octanol–water partition coefficient (Wildman–Crippen LogP) is 3.26. The van der Waals surface area contributed by atoms with Gasteiger partial charge in [-0.05, 0) is 59.4 Å². The largest absolute Gasteiger partial charge is 0.399 e. The lowest BCUT2D eigenvalue weighted by Crippen LogP contribution is -2.30. The summed E-state index contributed by atoms with van der Waals surface area (Å²) in [7, 11) is 3.32. The highest BCUT2D eigenvalue weighted by molar-refractivity contribution is 5.83. The molecule has 8 nitrogen and oxygen atoms in total. The van der Waals surface area contributed by atoms with E-state index >= 15 is 0 Å². The number of hydrogen-bond acceptors (Lipinski definition) is 8. The number of hydrogen-bond donors (Lipinski definition) is 2. The maximum absolute atomic E-state index is 6.24. The summed E-state index contributed by atoms with van der Waals surface area (Å²) in [4.78, 5) is 0. The van der Waals surface area contributed by atoms with Crippen LogP contribution in [0, 0.1) is 0 Å². The van der Waals surface area contributed by atoms with Gasteiger partial charge < -0.3 is 39.9 Å². The molecule has 194 valence electrons. The van der Waals surface area contributed by atoms with Crippen molar-refractivity contribution < 1.29 is 28.4 Å². The lowest BCUT2D eigenvalue weighted by atomic mass is 9.73. The first-order valence-corrected chi connectivity index (χ1v) is 12.2. The van der Waals surface area contributed by atoms with Crippen molar-refractivity contribution in [3.63, 3.8) is 0 Å². The Morgan fingerprint density at radius 3 is 1.31 bits per heavy atom. The van der Waals surface area contributed by atoms with Crippen molar-refractivity contribution in [1.82, 2.24) is 0 Å². The van der Waals surface area contributed by atoms with Crippen LogP contribution >= 0.6 is 0 Å². The molecule has 0 aromatic heterocycles. The smallest absolute Gasteiger partial charge is 0.0701 e. The van der Waals surface area contributed by atoms with E-state index in [-0.39, 0.29) is 5.41 Å². The molecular weight excluding hydrogens is 448 g/mol. The SMILES string of the molecule is COCCOCCOCCC1(CCOCCOCCOC)c2cc(N)ccc2-c2ccc(N)cc21. The summed E-state index contributed by atoms with van der Waals surface area (Å²) in [6.07, 6.45) is 1.57. The van der Waals surface area contributed by atoms with Gasteiger partial charge in [0.05, 0.1) is 52.9 Å². The Morgan fingerprint density at radius 1 is 0.543 bits per heavy atom. The lowest BCUT2D eigenvalue weighted by Gasteiger charge is -2.32. The summed E-state index contributed by atoms with van der Waals surface area (Å²) in [5, 5.41) is 0. The number of benzene rings is 2. The third-order valence-electron chi connectivity index (χ3n) is 6.36. The summed E-state index contributed by atoms with van der Waals surface area (Å²) >= 11 is 0. The Labute approximate surface area is 208 Å². The van der Waals surface area contributed by atoms with E-state index in [9.17, 15) is 0 Å². The molecule has 0 unspecified atom stereocenters. The van der Waals surface area contributed by atoms with Crippen LogP contribution < -0.4 is 11.5 Å². The summed E-state index contributed by atoms with van der Waals surface area (Å²) in [5.74, 6) is 0. The Hall–Kier alpha value is -2.20. The zero-order chi connectivity index (χ0) is 24.9. The van der Waals surface area contributed by atoms with Crippen molar-refractivity contribution in [2.45, 2.75) is 18.3 Å². The van der Waals surface area contributed by atoms with Gasteiger partial charge in [-0.1, -0.05) is 12.1 Å². The molecular formula is C27H40N2O6. The van der Waals surface area contributed by atoms with Gasteiger partial charge >= 0.3 is 0 Å². The minimum atomic E-state index is -0.302. The van der Waals surface area contributed by atoms with Crippen LogP contribution in [0.1, 0.15) is 24.0 Å². The van der Waals surface area contributed by atoms with E-state index in [0.717, 1.165) is 24.2 Å². The summed E-state index contributed by atoms with van der Waals surface area (Å²) in [6.45, 7) is 5.59. The highest BCUT2D eigenvalue weighted by Crippen LogP contribution is 2.53. The average molecular weight is 489 g/mol. The molecule has 2 aromatic rings. The Bertz CT molecular complexity index is 834. The van der Waals surface area contributed by atoms with Crippen molar-refractivity contribution in [2.24, 2.45) is 0 Å². The summed E-state index contributed by atoms with van der Waals surface area (Å²) in [5.41, 5.74) is 18.5. The maximum atomic E-state index is 6.24. The number of rotatable bonds is 18. The van der Waals surface area contributed by atoms with Crippen molar-refractivity contribution in [3.8, 4) is 11.1 Å². The first kappa shape index (κ1) is 27.4. The number of ether oxygens (including phenoxy) is 6. The molecule has 0 aliphatic heterocycles. The van der Waals surface area contributed by atoms with Crippen LogP contribution in [0.25, 0.3) is 11.1 Å². The standard InChI is InChI=1S/C27H40N2O6/c1-30-11-13-34-17-15-32-9-7-27(8-10-33-16-18-35-14-12-31-2)25-19-21(28)3-5-23(25)24-6-4-22(29)20-26(24)27/h3-6,19-20H,7-18,28-29H2,1-2H3. The second-order valence-corrected chi connectivity index (χ2v) is 8.63. The molecule has 0 fully saturated rings. The van der Waals surface area contributed by atoms with E-state index in [1.807, 2.05) is 12.1 Å². The fourth-order valence-electron chi connectivity index (χ4n) is 4.62. The molecule has 0 saturated carbocycles. The van der Waals surface area contributed by atoms with Crippen LogP contribution in [0.3, 0.4) is 0 Å². The van der Waals surface area contributed by atoms with Crippen LogP contribution in [0.2, 0.25) is 0 Å². The third kappa shape index (κ3) is 7.39. The van der Waals surface area contributed by atoms with Gasteiger partial charge in [0, 0.05) is 44.2 Å². The molecule has 0 amide bonds.